The molecule has 2 rings (SSSR count). The highest BCUT2D eigenvalue weighted by Gasteiger charge is 2.39. The van der Waals surface area contributed by atoms with Crippen molar-refractivity contribution in [2.24, 2.45) is 0 Å². The number of carbonyl (C=O) groups is 1. The number of nitrogens with zero attached hydrogens (tertiary/aromatic N) is 2. The molecule has 3 atom stereocenters. The van der Waals surface area contributed by atoms with E-state index < -0.39 is 48.5 Å². The number of anilines is 1. The van der Waals surface area contributed by atoms with E-state index in [0.717, 1.165) is 17.2 Å². The van der Waals surface area contributed by atoms with E-state index in [-0.39, 0.29) is 12.2 Å². The van der Waals surface area contributed by atoms with Crippen molar-refractivity contribution < 1.29 is 28.9 Å². The maximum atomic E-state index is 14.1. The van der Waals surface area contributed by atoms with E-state index in [4.69, 9.17) is 14.6 Å². The summed E-state index contributed by atoms with van der Waals surface area (Å²) in [7, 11) is 0. The predicted octanol–water partition coefficient (Wildman–Crippen LogP) is 0.538. The first kappa shape index (κ1) is 19.0. The maximum absolute atomic E-state index is 14.1. The molecule has 10 heteroatoms. The third kappa shape index (κ3) is 4.21. The molecule has 1 saturated heterocycles. The zero-order valence-electron chi connectivity index (χ0n) is 13.6. The minimum absolute atomic E-state index is 0.0852. The molecule has 9 nitrogen and oxygen atoms in total. The summed E-state index contributed by atoms with van der Waals surface area (Å²) in [6.45, 7) is 5.17. The van der Waals surface area contributed by atoms with Gasteiger partial charge in [-0.2, -0.15) is 4.98 Å². The van der Waals surface area contributed by atoms with Crippen molar-refractivity contribution in [3.8, 4) is 0 Å². The summed E-state index contributed by atoms with van der Waals surface area (Å²) in [5, 5.41) is 21.0. The third-order valence-corrected chi connectivity index (χ3v) is 3.64. The Labute approximate surface area is 142 Å². The van der Waals surface area contributed by atoms with Gasteiger partial charge < -0.3 is 19.7 Å². The van der Waals surface area contributed by atoms with Gasteiger partial charge in [-0.1, -0.05) is 19.9 Å². The summed E-state index contributed by atoms with van der Waals surface area (Å²) < 4.78 is 25.0. The zero-order chi connectivity index (χ0) is 18.6. The number of carbonyl (C=O) groups excluding carboxylic acids is 1. The fourth-order valence-corrected chi connectivity index (χ4v) is 2.24. The minimum atomic E-state index is -1.20. The van der Waals surface area contributed by atoms with E-state index in [9.17, 15) is 19.1 Å². The molecule has 1 aliphatic rings. The van der Waals surface area contributed by atoms with Gasteiger partial charge in [-0.05, 0) is 6.42 Å². The van der Waals surface area contributed by atoms with Crippen molar-refractivity contribution in [1.29, 1.82) is 0 Å². The number of halogens is 1. The number of rotatable bonds is 6. The number of unbranched alkanes of at least 4 members (excludes halogenated alkanes) is 1. The van der Waals surface area contributed by atoms with Crippen molar-refractivity contribution in [3.05, 3.63) is 34.7 Å². The highest BCUT2D eigenvalue weighted by Crippen LogP contribution is 2.32. The first-order valence-corrected chi connectivity index (χ1v) is 7.74. The van der Waals surface area contributed by atoms with E-state index in [1.165, 1.54) is 0 Å². The molecule has 1 aromatic rings. The molecule has 3 N–H and O–H groups in total. The van der Waals surface area contributed by atoms with Crippen LogP contribution in [0.15, 0.2) is 23.1 Å². The maximum Gasteiger partial charge on any atom is 0.412 e. The number of amides is 1. The first-order chi connectivity index (χ1) is 11.9. The monoisotopic (exact) mass is 357 g/mol. The predicted molar refractivity (Wildman–Crippen MR) is 84.5 cm³/mol. The number of hydrogen-bond donors (Lipinski definition) is 3. The fraction of sp³-hybridized carbons (Fsp3) is 0.533. The topological polar surface area (TPSA) is 123 Å². The van der Waals surface area contributed by atoms with E-state index in [2.05, 4.69) is 16.9 Å². The molecular weight excluding hydrogens is 337 g/mol. The Kier molecular flexibility index (Phi) is 6.23. The van der Waals surface area contributed by atoms with Crippen molar-refractivity contribution in [2.45, 2.75) is 38.2 Å². The lowest BCUT2D eigenvalue weighted by atomic mass is 10.1. The lowest BCUT2D eigenvalue weighted by Crippen LogP contribution is -2.30. The summed E-state index contributed by atoms with van der Waals surface area (Å²) in [5.41, 5.74) is -0.843. The Morgan fingerprint density at radius 3 is 2.92 bits per heavy atom. The van der Waals surface area contributed by atoms with Gasteiger partial charge in [-0.25, -0.2) is 14.0 Å². The minimum Gasteiger partial charge on any atom is -0.449 e. The molecule has 0 spiro atoms. The van der Waals surface area contributed by atoms with Crippen LogP contribution in [0.2, 0.25) is 0 Å². The molecule has 0 saturated carbocycles. The molecule has 1 aliphatic heterocycles. The fourth-order valence-electron chi connectivity index (χ4n) is 2.24. The van der Waals surface area contributed by atoms with E-state index in [0.29, 0.717) is 6.42 Å². The Morgan fingerprint density at radius 1 is 1.60 bits per heavy atom. The lowest BCUT2D eigenvalue weighted by Gasteiger charge is -2.15. The largest absolute Gasteiger partial charge is 0.449 e. The molecule has 25 heavy (non-hydrogen) atoms. The van der Waals surface area contributed by atoms with Crippen LogP contribution in [0.25, 0.3) is 0 Å². The average Bonchev–Trinajstić information content (AvgIpc) is 2.86. The number of aliphatic hydroxyl groups is 2. The van der Waals surface area contributed by atoms with Gasteiger partial charge in [0.2, 0.25) is 0 Å². The molecule has 1 fully saturated rings. The van der Waals surface area contributed by atoms with Crippen LogP contribution in [-0.2, 0) is 9.47 Å². The Hall–Kier alpha value is -2.30. The van der Waals surface area contributed by atoms with E-state index in [1.54, 1.807) is 0 Å². The molecule has 0 radical (unpaired) electrons. The van der Waals surface area contributed by atoms with Crippen LogP contribution >= 0.6 is 0 Å². The second-order valence-electron chi connectivity index (χ2n) is 5.47. The second-order valence-corrected chi connectivity index (χ2v) is 5.47. The van der Waals surface area contributed by atoms with Crippen LogP contribution in [0.5, 0.6) is 0 Å². The van der Waals surface area contributed by atoms with E-state index in [1.807, 2.05) is 6.92 Å². The standard InChI is InChI=1S/C15H20FN3O6/c1-3-4-5-24-15(23)18-12-9(16)6-19(14(22)17-12)13-8(2)11(21)10(7-20)25-13/h6,10-11,13,20-21H,2-5,7H2,1H3,(H,17,18,22,23)/t10-,11+,13-/m1/s1. The molecule has 1 amide bonds. The number of ether oxygens (including phenoxy) is 2. The van der Waals surface area contributed by atoms with Crippen LogP contribution in [0.3, 0.4) is 0 Å². The smallest absolute Gasteiger partial charge is 0.412 e. The van der Waals surface area contributed by atoms with Gasteiger partial charge in [0.1, 0.15) is 12.2 Å². The van der Waals surface area contributed by atoms with Gasteiger partial charge in [0.15, 0.2) is 17.9 Å². The molecule has 0 aromatic carbocycles. The van der Waals surface area contributed by atoms with Crippen molar-refractivity contribution >= 4 is 11.9 Å². The third-order valence-electron chi connectivity index (χ3n) is 3.64. The van der Waals surface area contributed by atoms with Gasteiger partial charge in [0.05, 0.1) is 19.4 Å². The molecule has 0 aliphatic carbocycles. The van der Waals surface area contributed by atoms with Crippen LogP contribution < -0.4 is 11.0 Å². The highest BCUT2D eigenvalue weighted by atomic mass is 19.1. The number of aromatic nitrogens is 2. The highest BCUT2D eigenvalue weighted by molar-refractivity contribution is 5.83. The van der Waals surface area contributed by atoms with Crippen LogP contribution in [0.1, 0.15) is 26.0 Å². The molecule has 2 heterocycles. The normalized spacial score (nSPS) is 22.9. The van der Waals surface area contributed by atoms with Crippen molar-refractivity contribution in [2.75, 3.05) is 18.5 Å². The molecule has 0 unspecified atom stereocenters. The molecule has 138 valence electrons. The van der Waals surface area contributed by atoms with E-state index >= 15 is 0 Å². The SMILES string of the molecule is C=C1[C@H](n2cc(F)c(NC(=O)OCCCC)nc2=O)O[C@H](CO)[C@H]1O. The summed E-state index contributed by atoms with van der Waals surface area (Å²) in [5.74, 6) is -1.57. The number of nitrogens with one attached hydrogen (secondary N) is 1. The Morgan fingerprint density at radius 2 is 2.32 bits per heavy atom. The summed E-state index contributed by atoms with van der Waals surface area (Å²) in [4.78, 5) is 27.1. The van der Waals surface area contributed by atoms with Gasteiger partial charge in [0, 0.05) is 5.57 Å². The summed E-state index contributed by atoms with van der Waals surface area (Å²) in [6.07, 6.45) is -2.02. The van der Waals surface area contributed by atoms with Crippen LogP contribution in [0.4, 0.5) is 15.0 Å². The first-order valence-electron chi connectivity index (χ1n) is 7.74. The van der Waals surface area contributed by atoms with Crippen LogP contribution in [0, 0.1) is 5.82 Å². The molecular formula is C15H20FN3O6. The quantitative estimate of drug-likeness (QED) is 0.501. The summed E-state index contributed by atoms with van der Waals surface area (Å²) >= 11 is 0. The Balaban J connectivity index is 2.16. The van der Waals surface area contributed by atoms with Crippen LogP contribution in [-0.4, -0.2) is 51.3 Å². The molecule has 1 aromatic heterocycles. The van der Waals surface area contributed by atoms with Gasteiger partial charge >= 0.3 is 11.8 Å². The second kappa shape index (κ2) is 8.19. The van der Waals surface area contributed by atoms with Gasteiger partial charge in [-0.3, -0.25) is 9.88 Å². The average molecular weight is 357 g/mol. The summed E-state index contributed by atoms with van der Waals surface area (Å²) in [6, 6.07) is 0. The zero-order valence-corrected chi connectivity index (χ0v) is 13.6. The molecule has 0 bridgehead atoms. The lowest BCUT2D eigenvalue weighted by molar-refractivity contribution is -0.0449. The van der Waals surface area contributed by atoms with Crippen molar-refractivity contribution in [3.63, 3.8) is 0 Å². The van der Waals surface area contributed by atoms with Gasteiger partial charge in [0.25, 0.3) is 0 Å². The van der Waals surface area contributed by atoms with Crippen molar-refractivity contribution in [1.82, 2.24) is 9.55 Å². The number of hydrogen-bond acceptors (Lipinski definition) is 7. The van der Waals surface area contributed by atoms with Gasteiger partial charge in [-0.15, -0.1) is 0 Å². The Bertz CT molecular complexity index is 707. The number of aliphatic hydroxyl groups excluding tert-OH is 2.